The van der Waals surface area contributed by atoms with E-state index in [0.29, 0.717) is 75.9 Å². The number of halogens is 1. The zero-order valence-electron chi connectivity index (χ0n) is 69.9. The van der Waals surface area contributed by atoms with Crippen molar-refractivity contribution < 1.29 is 86.9 Å². The third-order valence-electron chi connectivity index (χ3n) is 22.7. The Balaban J connectivity index is 1.14. The first-order chi connectivity index (χ1) is 59.1. The molecule has 668 valence electrons. The van der Waals surface area contributed by atoms with E-state index in [2.05, 4.69) is 52.8 Å². The third kappa shape index (κ3) is 26.6. The molecule has 0 spiro atoms. The van der Waals surface area contributed by atoms with Crippen LogP contribution in [0, 0.1) is 5.92 Å². The fourth-order valence-corrected chi connectivity index (χ4v) is 16.8. The number of primary amides is 3. The number of carboxylic acids is 2. The average molecular weight is 1760 g/mol. The Bertz CT molecular complexity index is 4900. The van der Waals surface area contributed by atoms with E-state index in [1.165, 1.54) is 42.5 Å². The van der Waals surface area contributed by atoms with Gasteiger partial charge in [-0.3, -0.25) is 81.8 Å². The van der Waals surface area contributed by atoms with Crippen molar-refractivity contribution in [1.29, 1.82) is 0 Å². The number of nitrogens with one attached hydrogen (secondary N) is 9. The van der Waals surface area contributed by atoms with Gasteiger partial charge in [-0.25, -0.2) is 4.79 Å². The predicted molar refractivity (Wildman–Crippen MR) is 458 cm³/mol. The summed E-state index contributed by atoms with van der Waals surface area (Å²) in [5.74, 6) is -15.8. The van der Waals surface area contributed by atoms with Crippen LogP contribution in [0.15, 0.2) is 104 Å². The molecule has 1 unspecified atom stereocenters. The molecule has 11 atom stereocenters. The number of likely N-dealkylation sites (N-methyl/N-ethyl adjacent to an activating group) is 2. The van der Waals surface area contributed by atoms with Crippen molar-refractivity contribution in [2.75, 3.05) is 65.7 Å². The number of aryl methyl sites for hydroxylation is 2. The van der Waals surface area contributed by atoms with Crippen molar-refractivity contribution in [1.82, 2.24) is 81.6 Å². The van der Waals surface area contributed by atoms with Crippen LogP contribution in [0.3, 0.4) is 0 Å². The zero-order chi connectivity index (χ0) is 90.2. The molecule has 124 heavy (non-hydrogen) atoms. The summed E-state index contributed by atoms with van der Waals surface area (Å²) in [6.07, 6.45) is 3.34. The van der Waals surface area contributed by atoms with Crippen LogP contribution in [-0.4, -0.2) is 270 Å². The van der Waals surface area contributed by atoms with Crippen molar-refractivity contribution in [3.05, 3.63) is 136 Å². The Morgan fingerprint density at radius 2 is 1.16 bits per heavy atom. The van der Waals surface area contributed by atoms with Gasteiger partial charge in [-0.2, -0.15) is 0 Å². The van der Waals surface area contributed by atoms with Gasteiger partial charge in [0.1, 0.15) is 54.4 Å². The molecule has 0 radical (unpaired) electrons. The average Bonchev–Trinajstić information content (AvgIpc) is 1.66. The topological polar surface area (TPSA) is 562 Å². The van der Waals surface area contributed by atoms with E-state index in [-0.39, 0.29) is 102 Å². The zero-order valence-corrected chi connectivity index (χ0v) is 71.4. The van der Waals surface area contributed by atoms with Crippen LogP contribution in [0.25, 0.3) is 21.8 Å². The number of hydrogen-bond acceptors (Lipinski definition) is 20. The maximum absolute atomic E-state index is 15.8. The highest BCUT2D eigenvalue weighted by Crippen LogP contribution is 2.32. The lowest BCUT2D eigenvalue weighted by molar-refractivity contribution is -0.145. The van der Waals surface area contributed by atoms with E-state index in [9.17, 15) is 48.6 Å². The molecule has 3 aliphatic rings. The highest BCUT2D eigenvalue weighted by molar-refractivity contribution is 8.00. The van der Waals surface area contributed by atoms with E-state index in [1.54, 1.807) is 85.3 Å². The number of rotatable bonds is 27. The molecule has 2 saturated heterocycles. The van der Waals surface area contributed by atoms with Gasteiger partial charge in [0, 0.05) is 158 Å². The summed E-state index contributed by atoms with van der Waals surface area (Å²) >= 11 is 7.80. The summed E-state index contributed by atoms with van der Waals surface area (Å²) in [4.78, 5) is 238. The Morgan fingerprint density at radius 1 is 0.565 bits per heavy atom. The quantitative estimate of drug-likeness (QED) is 0.0289. The molecule has 3 fully saturated rings. The Hall–Kier alpha value is -12.2. The number of hydrogen-bond donors (Lipinski definition) is 15. The number of amides is 15. The number of carbonyl (C=O) groups excluding carboxylic acids is 14. The minimum atomic E-state index is -1.87. The number of unbranched alkanes of at least 4 members (excludes halogenated alkanes) is 1. The van der Waals surface area contributed by atoms with Crippen LogP contribution in [0.5, 0.6) is 0 Å². The minimum absolute atomic E-state index is 0.0516. The number of thioether (sulfide) groups is 1. The lowest BCUT2D eigenvalue weighted by Crippen LogP contribution is -2.62. The van der Waals surface area contributed by atoms with E-state index in [0.717, 1.165) is 34.1 Å². The number of para-hydroxylation sites is 2. The van der Waals surface area contributed by atoms with Crippen LogP contribution in [0.2, 0.25) is 5.02 Å². The molecule has 1 aliphatic carbocycles. The number of benzene rings is 3. The van der Waals surface area contributed by atoms with Gasteiger partial charge in [0.2, 0.25) is 76.8 Å². The van der Waals surface area contributed by atoms with Gasteiger partial charge in [-0.05, 0) is 110 Å². The second-order valence-electron chi connectivity index (χ2n) is 31.7. The summed E-state index contributed by atoms with van der Waals surface area (Å²) in [6, 6.07) is 5.19. The first-order valence-electron chi connectivity index (χ1n) is 41.1. The van der Waals surface area contributed by atoms with Gasteiger partial charge in [0.05, 0.1) is 35.3 Å². The van der Waals surface area contributed by atoms with Gasteiger partial charge in [0.25, 0.3) is 0 Å². The monoisotopic (exact) mass is 1750 g/mol. The van der Waals surface area contributed by atoms with Crippen molar-refractivity contribution in [3.63, 3.8) is 0 Å². The van der Waals surface area contributed by atoms with Crippen molar-refractivity contribution >= 4 is 140 Å². The molecule has 38 nitrogen and oxygen atoms in total. The van der Waals surface area contributed by atoms with Gasteiger partial charge < -0.3 is 105 Å². The fourth-order valence-electron chi connectivity index (χ4n) is 15.6. The van der Waals surface area contributed by atoms with Gasteiger partial charge in [-0.15, -0.1) is 11.8 Å². The summed E-state index contributed by atoms with van der Waals surface area (Å²) in [7, 11) is 5.90. The van der Waals surface area contributed by atoms with Crippen LogP contribution in [0.4, 0.5) is 4.79 Å². The molecule has 9 rings (SSSR count). The smallest absolute Gasteiger partial charge is 0.317 e. The molecule has 1 saturated carbocycles. The highest BCUT2D eigenvalue weighted by Gasteiger charge is 2.43. The van der Waals surface area contributed by atoms with Crippen LogP contribution < -0.4 is 70.8 Å². The Kier molecular flexibility index (Phi) is 34.9. The van der Waals surface area contributed by atoms with Crippen molar-refractivity contribution in [3.8, 4) is 0 Å². The number of carboxylic acid groups (broad SMARTS) is 2. The number of piperazine rings is 1. The summed E-state index contributed by atoms with van der Waals surface area (Å²) in [6.45, 7) is 2.37. The molecule has 40 heteroatoms. The molecule has 19 N–H and O–H groups in total. The van der Waals surface area contributed by atoms with E-state index >= 15 is 38.4 Å². The van der Waals surface area contributed by atoms with E-state index in [4.69, 9.17) is 34.5 Å². The van der Waals surface area contributed by atoms with Gasteiger partial charge in [-0.1, -0.05) is 73.5 Å². The summed E-state index contributed by atoms with van der Waals surface area (Å²) < 4.78 is 3.52. The molecule has 3 aromatic carbocycles. The third-order valence-corrected chi connectivity index (χ3v) is 24.3. The molecule has 0 bridgehead atoms. The second kappa shape index (κ2) is 45.2. The normalized spacial score (nSPS) is 22.9. The van der Waals surface area contributed by atoms with Crippen LogP contribution >= 0.6 is 23.4 Å². The van der Waals surface area contributed by atoms with Crippen LogP contribution in [0.1, 0.15) is 117 Å². The predicted octanol–water partition coefficient (Wildman–Crippen LogP) is -0.508. The number of urea groups is 1. The first kappa shape index (κ1) is 95.6. The number of fused-ring (bicyclic) bond motifs is 2. The Labute approximate surface area is 725 Å². The summed E-state index contributed by atoms with van der Waals surface area (Å²) in [5.41, 5.74) is 26.7. The molecule has 3 aromatic heterocycles. The Morgan fingerprint density at radius 3 is 1.81 bits per heavy atom. The van der Waals surface area contributed by atoms with Crippen LogP contribution in [-0.2, 0) is 107 Å². The molecule has 5 heterocycles. The lowest BCUT2D eigenvalue weighted by Gasteiger charge is -2.36. The van der Waals surface area contributed by atoms with E-state index < -0.39 is 191 Å². The van der Waals surface area contributed by atoms with Crippen molar-refractivity contribution in [2.45, 2.75) is 175 Å². The number of nitrogens with zero attached hydrogens (tertiary/aromatic N) is 7. The molecule has 2 aliphatic heterocycles. The first-order valence-corrected chi connectivity index (χ1v) is 42.6. The standard InChI is InChI=1S/C84H111ClN20O18S/c1-47-63(41-86)98-77(116)59(38-52-43-100(2)64-25-7-6-20-54(52)64)95-75(114)57(23-8-9-30-91-84(123)105-33-31-104(32-34-105)45-71(111)112)93-76(115)60(39-53-44-101(3)73-55(53)21-12-22-56(73)85)96-79(118)65(27-28-70(109)110)102(4)82(121)58(24-13-26-67(87)106)94-81(120)72(50-17-11-18-50)99-78(117)61(40-68(88)107)97-80(119)66(37-49-16-14-29-90-42-49)103(5)83(122)62(92-69(108)46-124-47)36-48-15-10-19-51(35-48)74(89)113/h6-7,10,12,14-16,19-22,25,29,35,42-44,47,50,57-63,65-66,72H,8-9,11,13,17-18,23-24,26-28,30-34,36-41,45-46,86H2,1-5H3,(H2,87,106)(H2,88,107)(H2,89,113)(H,91,123)(H,92,108)(H,93,115)(H,94,120)(H,95,114)(H,96,118)(H,97,119)(H,98,116)(H,99,117)(H,109,110)(H,111,112)/t47-,57+,58+,59+,60+,61+,62-,63?,65+,66+,72+/m1/s1. The number of pyridine rings is 1. The van der Waals surface area contributed by atoms with E-state index in [1.807, 2.05) is 22.8 Å². The number of aliphatic carboxylic acids is 2. The maximum Gasteiger partial charge on any atom is 0.317 e. The molecular formula is C84H111ClN20O18S. The molecular weight excluding hydrogens is 1640 g/mol. The SMILES string of the molecule is C[C@H]1SCC(=O)N[C@H](Cc2cccc(C(N)=O)c2)C(=O)N(C)[C@@H](Cc2cccnc2)C(=O)N[C@@H](CC(N)=O)C(=O)N[C@@H](C2CCC2)C(=O)N[C@@H](CCCC(N)=O)C(=O)N(C)[C@@H](CCC(=O)O)C(=O)N[C@@H](Cc2cn(C)c3c(Cl)cccc23)C(=O)N[C@@H](CCCCNC(=O)N2CCN(CC(=O)O)CC2)C(=O)N[C@@H](Cc2cn(C)c3ccccc23)C(=O)NC1CN. The second-order valence-corrected chi connectivity index (χ2v) is 33.4. The number of nitrogens with two attached hydrogens (primary N) is 4. The van der Waals surface area contributed by atoms with Gasteiger partial charge in [0.15, 0.2) is 0 Å². The molecule has 15 amide bonds. The fraction of sp³-hybridized carbons (Fsp3) is 0.488. The lowest BCUT2D eigenvalue weighted by atomic mass is 9.79. The maximum atomic E-state index is 15.8. The van der Waals surface area contributed by atoms with Crippen molar-refractivity contribution in [2.24, 2.45) is 42.9 Å². The minimum Gasteiger partial charge on any atom is -0.481 e. The highest BCUT2D eigenvalue weighted by atomic mass is 35.5. The largest absolute Gasteiger partial charge is 0.481 e. The molecule has 6 aromatic rings. The summed E-state index contributed by atoms with van der Waals surface area (Å²) in [5, 5.41) is 45.5. The number of aromatic nitrogens is 3. The van der Waals surface area contributed by atoms with Gasteiger partial charge >= 0.3 is 18.0 Å². The number of carbonyl (C=O) groups is 16.